The molecule has 2 aromatic carbocycles. The Kier molecular flexibility index (Phi) is 3.67. The van der Waals surface area contributed by atoms with Gasteiger partial charge in [0.15, 0.2) is 5.58 Å². The van der Waals surface area contributed by atoms with Crippen LogP contribution in [0.1, 0.15) is 17.9 Å². The fraction of sp³-hybridized carbons (Fsp3) is 0.263. The first kappa shape index (κ1) is 15.6. The van der Waals surface area contributed by atoms with E-state index in [1.807, 2.05) is 26.2 Å². The molecule has 6 heteroatoms. The number of carbonyl (C=O) groups is 1. The van der Waals surface area contributed by atoms with Crippen molar-refractivity contribution in [2.45, 2.75) is 12.3 Å². The zero-order chi connectivity index (χ0) is 17.6. The molecule has 0 saturated heterocycles. The molecule has 0 radical (unpaired) electrons. The normalized spacial score (nSPS) is 19.0. The Morgan fingerprint density at radius 1 is 1.24 bits per heavy atom. The number of nitrogens with zero attached hydrogens (tertiary/aromatic N) is 2. The summed E-state index contributed by atoms with van der Waals surface area (Å²) in [6.45, 7) is 0. The Morgan fingerprint density at radius 2 is 2.00 bits per heavy atom. The second-order valence-electron chi connectivity index (χ2n) is 6.56. The Balaban J connectivity index is 1.46. The van der Waals surface area contributed by atoms with Crippen LogP contribution in [-0.4, -0.2) is 25.0 Å². The van der Waals surface area contributed by atoms with Gasteiger partial charge in [0, 0.05) is 31.8 Å². The lowest BCUT2D eigenvalue weighted by Gasteiger charge is -2.05. The van der Waals surface area contributed by atoms with E-state index >= 15 is 0 Å². The van der Waals surface area contributed by atoms with E-state index in [1.165, 1.54) is 12.1 Å². The Morgan fingerprint density at radius 3 is 2.72 bits per heavy atom. The highest BCUT2D eigenvalue weighted by Gasteiger charge is 2.43. The molecule has 0 bridgehead atoms. The van der Waals surface area contributed by atoms with Crippen molar-refractivity contribution in [1.29, 1.82) is 0 Å². The van der Waals surface area contributed by atoms with Crippen LogP contribution in [0, 0.1) is 11.7 Å². The number of oxazole rings is 1. The van der Waals surface area contributed by atoms with E-state index in [1.54, 1.807) is 23.1 Å². The summed E-state index contributed by atoms with van der Waals surface area (Å²) in [4.78, 5) is 18.6. The lowest BCUT2D eigenvalue weighted by atomic mass is 10.1. The first-order valence-electron chi connectivity index (χ1n) is 8.15. The molecule has 1 amide bonds. The number of fused-ring (bicyclic) bond motifs is 1. The number of carbonyl (C=O) groups excluding carboxylic acids is 1. The third-order valence-corrected chi connectivity index (χ3v) is 4.45. The highest BCUT2D eigenvalue weighted by Crippen LogP contribution is 2.48. The fourth-order valence-corrected chi connectivity index (χ4v) is 2.98. The van der Waals surface area contributed by atoms with Crippen molar-refractivity contribution in [1.82, 2.24) is 4.98 Å². The van der Waals surface area contributed by atoms with E-state index < -0.39 is 0 Å². The third kappa shape index (κ3) is 3.07. The summed E-state index contributed by atoms with van der Waals surface area (Å²) in [6, 6.07) is 12.3. The van der Waals surface area contributed by atoms with Crippen LogP contribution in [0.3, 0.4) is 0 Å². The molecular weight excluding hydrogens is 321 g/mol. The molecule has 1 N–H and O–H groups in total. The van der Waals surface area contributed by atoms with Gasteiger partial charge >= 0.3 is 0 Å². The van der Waals surface area contributed by atoms with Gasteiger partial charge in [0.1, 0.15) is 11.3 Å². The molecule has 4 rings (SSSR count). The molecular formula is C19H18FN3O2. The summed E-state index contributed by atoms with van der Waals surface area (Å²) in [5.41, 5.74) is 3.07. The summed E-state index contributed by atoms with van der Waals surface area (Å²) in [6.07, 6.45) is 0.785. The van der Waals surface area contributed by atoms with Crippen LogP contribution >= 0.6 is 0 Å². The first-order chi connectivity index (χ1) is 12.0. The van der Waals surface area contributed by atoms with E-state index in [-0.39, 0.29) is 23.6 Å². The Bertz CT molecular complexity index is 933. The van der Waals surface area contributed by atoms with Gasteiger partial charge in [0.25, 0.3) is 6.01 Å². The smallest absolute Gasteiger partial charge is 0.297 e. The van der Waals surface area contributed by atoms with Gasteiger partial charge in [-0.2, -0.15) is 4.98 Å². The molecule has 128 valence electrons. The number of nitrogens with one attached hydrogen (secondary N) is 1. The average Bonchev–Trinajstić information content (AvgIpc) is 3.27. The SMILES string of the molecule is CN(C)c1nc2ccc(NC(=O)[C@@H]3C[C@H]3c3ccc(F)cc3)cc2o1. The average molecular weight is 339 g/mol. The van der Waals surface area contributed by atoms with Gasteiger partial charge < -0.3 is 14.6 Å². The van der Waals surface area contributed by atoms with Crippen LogP contribution in [0.15, 0.2) is 46.9 Å². The summed E-state index contributed by atoms with van der Waals surface area (Å²) >= 11 is 0. The first-order valence-corrected chi connectivity index (χ1v) is 8.15. The van der Waals surface area contributed by atoms with Crippen molar-refractivity contribution < 1.29 is 13.6 Å². The number of hydrogen-bond donors (Lipinski definition) is 1. The van der Waals surface area contributed by atoms with Gasteiger partial charge in [-0.15, -0.1) is 0 Å². The minimum Gasteiger partial charge on any atom is -0.423 e. The van der Waals surface area contributed by atoms with Gasteiger partial charge in [0.2, 0.25) is 5.91 Å². The largest absolute Gasteiger partial charge is 0.423 e. The van der Waals surface area contributed by atoms with Crippen molar-refractivity contribution in [2.24, 2.45) is 5.92 Å². The molecule has 1 heterocycles. The quantitative estimate of drug-likeness (QED) is 0.786. The maximum Gasteiger partial charge on any atom is 0.297 e. The number of anilines is 2. The summed E-state index contributed by atoms with van der Waals surface area (Å²) in [7, 11) is 3.71. The maximum atomic E-state index is 13.0. The molecule has 5 nitrogen and oxygen atoms in total. The van der Waals surface area contributed by atoms with E-state index in [0.717, 1.165) is 17.5 Å². The van der Waals surface area contributed by atoms with Gasteiger partial charge in [-0.1, -0.05) is 12.1 Å². The third-order valence-electron chi connectivity index (χ3n) is 4.45. The number of hydrogen-bond acceptors (Lipinski definition) is 4. The van der Waals surface area contributed by atoms with Crippen LogP contribution in [0.2, 0.25) is 0 Å². The topological polar surface area (TPSA) is 58.4 Å². The zero-order valence-electron chi connectivity index (χ0n) is 14.0. The number of aromatic nitrogens is 1. The van der Waals surface area contributed by atoms with Gasteiger partial charge in [-0.05, 0) is 42.2 Å². The highest BCUT2D eigenvalue weighted by molar-refractivity contribution is 5.96. The lowest BCUT2D eigenvalue weighted by Crippen LogP contribution is -2.14. The molecule has 1 aliphatic carbocycles. The number of rotatable bonds is 4. The molecule has 0 spiro atoms. The second-order valence-corrected chi connectivity index (χ2v) is 6.56. The molecule has 0 aliphatic heterocycles. The second kappa shape index (κ2) is 5.88. The standard InChI is InChI=1S/C19H18FN3O2/c1-23(2)19-22-16-8-7-13(9-17(16)25-19)21-18(24)15-10-14(15)11-3-5-12(20)6-4-11/h3-9,14-15H,10H2,1-2H3,(H,21,24)/t14-,15+/m0/s1. The van der Waals surface area contributed by atoms with Crippen LogP contribution < -0.4 is 10.2 Å². The van der Waals surface area contributed by atoms with Crippen molar-refractivity contribution in [2.75, 3.05) is 24.3 Å². The summed E-state index contributed by atoms with van der Waals surface area (Å²) < 4.78 is 18.7. The number of amides is 1. The van der Waals surface area contributed by atoms with Crippen LogP contribution in [-0.2, 0) is 4.79 Å². The number of halogens is 1. The van der Waals surface area contributed by atoms with E-state index in [4.69, 9.17) is 4.42 Å². The zero-order valence-corrected chi connectivity index (χ0v) is 14.0. The fourth-order valence-electron chi connectivity index (χ4n) is 2.98. The van der Waals surface area contributed by atoms with Gasteiger partial charge in [-0.3, -0.25) is 4.79 Å². The monoisotopic (exact) mass is 339 g/mol. The molecule has 1 aromatic heterocycles. The molecule has 1 aliphatic rings. The molecule has 1 saturated carbocycles. The molecule has 2 atom stereocenters. The highest BCUT2D eigenvalue weighted by atomic mass is 19.1. The minimum absolute atomic E-state index is 0.0268. The molecule has 25 heavy (non-hydrogen) atoms. The van der Waals surface area contributed by atoms with Gasteiger partial charge in [-0.25, -0.2) is 4.39 Å². The maximum absolute atomic E-state index is 13.0. The lowest BCUT2D eigenvalue weighted by molar-refractivity contribution is -0.117. The Hall–Kier alpha value is -2.89. The predicted octanol–water partition coefficient (Wildman–Crippen LogP) is 3.78. The number of benzene rings is 2. The van der Waals surface area contributed by atoms with Crippen molar-refractivity contribution in [3.63, 3.8) is 0 Å². The van der Waals surface area contributed by atoms with E-state index in [2.05, 4.69) is 10.3 Å². The summed E-state index contributed by atoms with van der Waals surface area (Å²) in [5.74, 6) is -0.202. The molecule has 1 fully saturated rings. The van der Waals surface area contributed by atoms with Gasteiger partial charge in [0.05, 0.1) is 0 Å². The molecule has 0 unspecified atom stereocenters. The van der Waals surface area contributed by atoms with Crippen molar-refractivity contribution in [3.05, 3.63) is 53.8 Å². The van der Waals surface area contributed by atoms with Crippen LogP contribution in [0.25, 0.3) is 11.1 Å². The van der Waals surface area contributed by atoms with Crippen LogP contribution in [0.5, 0.6) is 0 Å². The van der Waals surface area contributed by atoms with Crippen LogP contribution in [0.4, 0.5) is 16.1 Å². The van der Waals surface area contributed by atoms with E-state index in [9.17, 15) is 9.18 Å². The predicted molar refractivity (Wildman–Crippen MR) is 94.2 cm³/mol. The van der Waals surface area contributed by atoms with Crippen molar-refractivity contribution in [3.8, 4) is 0 Å². The van der Waals surface area contributed by atoms with E-state index in [0.29, 0.717) is 17.3 Å². The minimum atomic E-state index is -0.261. The molecule has 3 aromatic rings. The summed E-state index contributed by atoms with van der Waals surface area (Å²) in [5, 5.41) is 2.93. The Labute approximate surface area is 144 Å². The van der Waals surface area contributed by atoms with Crippen molar-refractivity contribution >= 4 is 28.7 Å².